The van der Waals surface area contributed by atoms with Crippen molar-refractivity contribution >= 4 is 34.5 Å². The maximum Gasteiger partial charge on any atom is 0.334 e. The lowest BCUT2D eigenvalue weighted by atomic mass is 10.1. The van der Waals surface area contributed by atoms with E-state index in [0.29, 0.717) is 12.1 Å². The van der Waals surface area contributed by atoms with Crippen LogP contribution in [0.25, 0.3) is 0 Å². The summed E-state index contributed by atoms with van der Waals surface area (Å²) in [6, 6.07) is 5.66. The van der Waals surface area contributed by atoms with Crippen molar-refractivity contribution in [3.8, 4) is 0 Å². The van der Waals surface area contributed by atoms with Crippen molar-refractivity contribution in [1.29, 1.82) is 0 Å². The van der Waals surface area contributed by atoms with Gasteiger partial charge >= 0.3 is 5.97 Å². The van der Waals surface area contributed by atoms with Crippen molar-refractivity contribution in [2.75, 3.05) is 13.1 Å². The molecular formula is C14H16INO4. The molecule has 0 aromatic heterocycles. The average molecular weight is 389 g/mol. The summed E-state index contributed by atoms with van der Waals surface area (Å²) in [6.45, 7) is 4.15. The van der Waals surface area contributed by atoms with E-state index in [1.165, 1.54) is 0 Å². The second-order valence-electron chi connectivity index (χ2n) is 4.92. The van der Waals surface area contributed by atoms with Gasteiger partial charge in [-0.25, -0.2) is 4.79 Å². The highest BCUT2D eigenvalue weighted by Crippen LogP contribution is 2.21. The first-order valence-electron chi connectivity index (χ1n) is 6.32. The number of rotatable bonds is 2. The highest BCUT2D eigenvalue weighted by Gasteiger charge is 2.33. The molecular weight excluding hydrogens is 373 g/mol. The van der Waals surface area contributed by atoms with Crippen molar-refractivity contribution in [3.63, 3.8) is 0 Å². The average Bonchev–Trinajstić information content (AvgIpc) is 2.37. The Kier molecular flexibility index (Phi) is 4.64. The van der Waals surface area contributed by atoms with E-state index in [4.69, 9.17) is 9.84 Å². The van der Waals surface area contributed by atoms with Crippen LogP contribution in [-0.2, 0) is 9.53 Å². The fourth-order valence-electron chi connectivity index (χ4n) is 2.31. The van der Waals surface area contributed by atoms with E-state index in [-0.39, 0.29) is 18.6 Å². The molecule has 1 aromatic carbocycles. The number of hydrogen-bond donors (Lipinski definition) is 1. The smallest absolute Gasteiger partial charge is 0.334 e. The van der Waals surface area contributed by atoms with Crippen LogP contribution in [0.1, 0.15) is 22.8 Å². The minimum atomic E-state index is -1.03. The number of benzene rings is 1. The van der Waals surface area contributed by atoms with Crippen molar-refractivity contribution in [3.05, 3.63) is 32.9 Å². The number of carbonyl (C=O) groups excluding carboxylic acids is 1. The Morgan fingerprint density at radius 2 is 2.10 bits per heavy atom. The molecule has 0 radical (unpaired) electrons. The number of aliphatic carboxylic acids is 1. The molecule has 1 aromatic rings. The number of carbonyl (C=O) groups is 2. The number of aryl methyl sites for hydroxylation is 1. The molecule has 1 unspecified atom stereocenters. The molecule has 0 saturated carbocycles. The Bertz CT molecular complexity index is 526. The van der Waals surface area contributed by atoms with Gasteiger partial charge in [0.15, 0.2) is 6.10 Å². The van der Waals surface area contributed by atoms with E-state index in [9.17, 15) is 9.59 Å². The number of amides is 1. The van der Waals surface area contributed by atoms with Crippen LogP contribution in [0.5, 0.6) is 0 Å². The molecule has 2 rings (SSSR count). The predicted octanol–water partition coefficient (Wildman–Crippen LogP) is 1.91. The lowest BCUT2D eigenvalue weighted by Gasteiger charge is -2.35. The number of nitrogens with zero attached hydrogens (tertiary/aromatic N) is 1. The molecule has 1 saturated heterocycles. The standard InChI is InChI=1S/C14H16INO4/c1-8-4-3-5-10(15)12(8)13(17)16-6-9(2)20-11(7-16)14(18)19/h3-5,9,11H,6-7H2,1-2H3,(H,18,19)/t9-,11?/m1/s1. The van der Waals surface area contributed by atoms with Crippen LogP contribution < -0.4 is 0 Å². The lowest BCUT2D eigenvalue weighted by Crippen LogP contribution is -2.52. The summed E-state index contributed by atoms with van der Waals surface area (Å²) in [6.07, 6.45) is -1.24. The number of hydrogen-bond acceptors (Lipinski definition) is 3. The van der Waals surface area contributed by atoms with Crippen LogP contribution in [0, 0.1) is 10.5 Å². The van der Waals surface area contributed by atoms with Crippen molar-refractivity contribution in [2.24, 2.45) is 0 Å². The van der Waals surface area contributed by atoms with E-state index < -0.39 is 12.1 Å². The van der Waals surface area contributed by atoms with Crippen LogP contribution in [0.4, 0.5) is 0 Å². The maximum absolute atomic E-state index is 12.6. The Morgan fingerprint density at radius 3 is 2.70 bits per heavy atom. The predicted molar refractivity (Wildman–Crippen MR) is 81.8 cm³/mol. The maximum atomic E-state index is 12.6. The first-order chi connectivity index (χ1) is 9.40. The van der Waals surface area contributed by atoms with E-state index in [1.54, 1.807) is 11.8 Å². The third kappa shape index (κ3) is 3.12. The summed E-state index contributed by atoms with van der Waals surface area (Å²) in [5.41, 5.74) is 1.54. The zero-order valence-electron chi connectivity index (χ0n) is 11.3. The van der Waals surface area contributed by atoms with Gasteiger partial charge in [-0.1, -0.05) is 12.1 Å². The van der Waals surface area contributed by atoms with Crippen LogP contribution >= 0.6 is 22.6 Å². The summed E-state index contributed by atoms with van der Waals surface area (Å²) >= 11 is 2.13. The van der Waals surface area contributed by atoms with Crippen LogP contribution in [0.2, 0.25) is 0 Å². The molecule has 1 aliphatic heterocycles. The van der Waals surface area contributed by atoms with Crippen molar-refractivity contribution in [1.82, 2.24) is 4.90 Å². The van der Waals surface area contributed by atoms with Gasteiger partial charge in [0, 0.05) is 10.1 Å². The SMILES string of the molecule is Cc1cccc(I)c1C(=O)N1CC(C(=O)O)O[C@H](C)C1. The molecule has 1 N–H and O–H groups in total. The molecule has 2 atom stereocenters. The van der Waals surface area contributed by atoms with Gasteiger partial charge in [0.2, 0.25) is 0 Å². The van der Waals surface area contributed by atoms with E-state index in [1.807, 2.05) is 25.1 Å². The summed E-state index contributed by atoms with van der Waals surface area (Å²) < 4.78 is 6.20. The van der Waals surface area contributed by atoms with Gasteiger partial charge in [-0.3, -0.25) is 4.79 Å². The largest absolute Gasteiger partial charge is 0.479 e. The zero-order chi connectivity index (χ0) is 14.9. The molecule has 1 heterocycles. The van der Waals surface area contributed by atoms with Gasteiger partial charge in [0.1, 0.15) is 0 Å². The van der Waals surface area contributed by atoms with Gasteiger partial charge < -0.3 is 14.7 Å². The normalized spacial score (nSPS) is 22.6. The molecule has 1 amide bonds. The number of halogens is 1. The van der Waals surface area contributed by atoms with Crippen LogP contribution in [0.15, 0.2) is 18.2 Å². The number of carboxylic acid groups (broad SMARTS) is 1. The summed E-state index contributed by atoms with van der Waals surface area (Å²) in [5, 5.41) is 9.07. The summed E-state index contributed by atoms with van der Waals surface area (Å²) in [7, 11) is 0. The molecule has 1 aliphatic rings. The molecule has 6 heteroatoms. The van der Waals surface area contributed by atoms with E-state index >= 15 is 0 Å². The topological polar surface area (TPSA) is 66.8 Å². The third-order valence-electron chi connectivity index (χ3n) is 3.26. The molecule has 5 nitrogen and oxygen atoms in total. The molecule has 0 spiro atoms. The Balaban J connectivity index is 2.26. The fraction of sp³-hybridized carbons (Fsp3) is 0.429. The number of ether oxygens (including phenoxy) is 1. The van der Waals surface area contributed by atoms with Crippen LogP contribution in [-0.4, -0.2) is 47.2 Å². The van der Waals surface area contributed by atoms with E-state index in [2.05, 4.69) is 22.6 Å². The lowest BCUT2D eigenvalue weighted by molar-refractivity contribution is -0.160. The van der Waals surface area contributed by atoms with Gasteiger partial charge in [-0.15, -0.1) is 0 Å². The Morgan fingerprint density at radius 1 is 1.40 bits per heavy atom. The highest BCUT2D eigenvalue weighted by molar-refractivity contribution is 14.1. The molecule has 0 aliphatic carbocycles. The Labute approximate surface area is 131 Å². The van der Waals surface area contributed by atoms with Gasteiger partial charge in [-0.2, -0.15) is 0 Å². The van der Waals surface area contributed by atoms with Gasteiger partial charge in [0.05, 0.1) is 18.2 Å². The minimum Gasteiger partial charge on any atom is -0.479 e. The third-order valence-corrected chi connectivity index (χ3v) is 4.16. The fourth-order valence-corrected chi connectivity index (χ4v) is 3.18. The number of morpholine rings is 1. The number of carboxylic acids is 1. The van der Waals surface area contributed by atoms with Gasteiger partial charge in [-0.05, 0) is 48.1 Å². The second kappa shape index (κ2) is 6.09. The first kappa shape index (κ1) is 15.2. The Hall–Kier alpha value is -1.15. The highest BCUT2D eigenvalue weighted by atomic mass is 127. The quantitative estimate of drug-likeness (QED) is 0.785. The van der Waals surface area contributed by atoms with Crippen LogP contribution in [0.3, 0.4) is 0 Å². The second-order valence-corrected chi connectivity index (χ2v) is 6.08. The summed E-state index contributed by atoms with van der Waals surface area (Å²) in [4.78, 5) is 25.3. The molecule has 0 bridgehead atoms. The molecule has 20 heavy (non-hydrogen) atoms. The summed E-state index contributed by atoms with van der Waals surface area (Å²) in [5.74, 6) is -1.16. The van der Waals surface area contributed by atoms with E-state index in [0.717, 1.165) is 9.13 Å². The first-order valence-corrected chi connectivity index (χ1v) is 7.40. The minimum absolute atomic E-state index is 0.0862. The molecule has 108 valence electrons. The zero-order valence-corrected chi connectivity index (χ0v) is 13.5. The molecule has 1 fully saturated rings. The van der Waals surface area contributed by atoms with Crippen molar-refractivity contribution < 1.29 is 19.4 Å². The van der Waals surface area contributed by atoms with Gasteiger partial charge in [0.25, 0.3) is 5.91 Å². The van der Waals surface area contributed by atoms with Crippen molar-refractivity contribution in [2.45, 2.75) is 26.1 Å². The monoisotopic (exact) mass is 389 g/mol.